The number of aliphatic imine (C=N–C) groups is 1. The molecule has 0 spiro atoms. The third-order valence-electron chi connectivity index (χ3n) is 7.34. The number of tetrazole rings is 1. The number of nitrogens with two attached hydrogens (primary N) is 1. The molecule has 1 aliphatic carbocycles. The number of nitrogens with one attached hydrogen (secondary N) is 3. The number of rotatable bonds is 11. The summed E-state index contributed by atoms with van der Waals surface area (Å²) in [6.07, 6.45) is 6.23. The lowest BCUT2D eigenvalue weighted by Crippen LogP contribution is -2.42. The molecule has 1 heterocycles. The molecule has 0 radical (unpaired) electrons. The van der Waals surface area contributed by atoms with Crippen LogP contribution in [0.4, 0.5) is 0 Å². The van der Waals surface area contributed by atoms with Crippen molar-refractivity contribution in [2.45, 2.75) is 64.5 Å². The summed E-state index contributed by atoms with van der Waals surface area (Å²) in [6, 6.07) is 10.4. The molecule has 1 unspecified atom stereocenters. The Morgan fingerprint density at radius 2 is 1.88 bits per heavy atom. The maximum atomic E-state index is 13.3. The van der Waals surface area contributed by atoms with Gasteiger partial charge in [0.05, 0.1) is 20.6 Å². The number of aryl methyl sites for hydroxylation is 1. The number of carbonyl (C=O) groups is 2. The molecule has 3 aromatic rings. The molecule has 1 atom stereocenters. The number of hydrogen-bond acceptors (Lipinski definition) is 8. The van der Waals surface area contributed by atoms with Gasteiger partial charge in [0.15, 0.2) is 17.5 Å². The summed E-state index contributed by atoms with van der Waals surface area (Å²) in [7, 11) is 3.11. The van der Waals surface area contributed by atoms with Gasteiger partial charge in [-0.1, -0.05) is 50.3 Å². The van der Waals surface area contributed by atoms with E-state index in [1.165, 1.54) is 6.42 Å². The van der Waals surface area contributed by atoms with Gasteiger partial charge in [-0.15, -0.1) is 10.2 Å². The van der Waals surface area contributed by atoms with E-state index in [-0.39, 0.29) is 24.2 Å². The highest BCUT2D eigenvalue weighted by Crippen LogP contribution is 2.31. The first kappa shape index (κ1) is 29.5. The maximum absolute atomic E-state index is 13.3. The number of methoxy groups -OCH3 is 2. The van der Waals surface area contributed by atoms with Gasteiger partial charge >= 0.3 is 0 Å². The van der Waals surface area contributed by atoms with Crippen molar-refractivity contribution in [3.8, 4) is 22.9 Å². The Balaban J connectivity index is 1.43. The van der Waals surface area contributed by atoms with E-state index in [1.54, 1.807) is 20.3 Å². The van der Waals surface area contributed by atoms with Crippen LogP contribution in [0.2, 0.25) is 0 Å². The third kappa shape index (κ3) is 8.26. The van der Waals surface area contributed by atoms with Crippen LogP contribution in [0.25, 0.3) is 11.4 Å². The first-order valence-corrected chi connectivity index (χ1v) is 13.8. The van der Waals surface area contributed by atoms with Crippen LogP contribution in [0, 0.1) is 12.8 Å². The zero-order valence-corrected chi connectivity index (χ0v) is 23.8. The predicted molar refractivity (Wildman–Crippen MR) is 154 cm³/mol. The molecule has 1 aromatic heterocycles. The number of guanidine groups is 1. The Bertz CT molecular complexity index is 1350. The minimum Gasteiger partial charge on any atom is -0.493 e. The molecule has 5 N–H and O–H groups in total. The summed E-state index contributed by atoms with van der Waals surface area (Å²) < 4.78 is 10.7. The minimum atomic E-state index is -0.721. The normalized spacial score (nSPS) is 14.8. The molecule has 0 saturated heterocycles. The second-order valence-electron chi connectivity index (χ2n) is 10.3. The largest absolute Gasteiger partial charge is 0.493 e. The fraction of sp³-hybridized carbons (Fsp3) is 0.448. The molecule has 1 saturated carbocycles. The third-order valence-corrected chi connectivity index (χ3v) is 7.34. The number of amides is 2. The fourth-order valence-electron chi connectivity index (χ4n) is 5.14. The first-order valence-electron chi connectivity index (χ1n) is 13.8. The standard InChI is InChI=1S/C29H38N8O4/c1-18-12-24(40-2)25(41-3)15-22(18)16-26(38)33-29(30)32-23(14-19-8-5-4-6-9-19)28(39)31-17-20-10-7-11-21(13-20)27-34-36-37-35-27/h7,10-13,15,19,23H,4-6,8-9,14,16-17H2,1-3H3,(H,31,39)(H3,30,32,33,38)(H,34,35,36,37). The van der Waals surface area contributed by atoms with Crippen LogP contribution < -0.4 is 25.8 Å². The lowest BCUT2D eigenvalue weighted by atomic mass is 9.84. The van der Waals surface area contributed by atoms with Gasteiger partial charge in [0, 0.05) is 12.1 Å². The quantitative estimate of drug-likeness (QED) is 0.204. The Morgan fingerprint density at radius 1 is 1.12 bits per heavy atom. The van der Waals surface area contributed by atoms with E-state index in [9.17, 15) is 9.59 Å². The molecule has 4 rings (SSSR count). The van der Waals surface area contributed by atoms with Gasteiger partial charge in [-0.25, -0.2) is 4.99 Å². The van der Waals surface area contributed by atoms with Crippen molar-refractivity contribution >= 4 is 17.8 Å². The second kappa shape index (κ2) is 14.2. The molecule has 2 aromatic carbocycles. The van der Waals surface area contributed by atoms with Crippen LogP contribution in [0.15, 0.2) is 41.4 Å². The Kier molecular flexibility index (Phi) is 10.2. The van der Waals surface area contributed by atoms with Crippen LogP contribution >= 0.6 is 0 Å². The van der Waals surface area contributed by atoms with E-state index in [1.807, 2.05) is 37.3 Å². The average molecular weight is 563 g/mol. The van der Waals surface area contributed by atoms with Crippen molar-refractivity contribution in [1.82, 2.24) is 31.3 Å². The number of carbonyl (C=O) groups excluding carboxylic acids is 2. The summed E-state index contributed by atoms with van der Waals surface area (Å²) >= 11 is 0. The molecule has 0 aliphatic heterocycles. The molecule has 12 nitrogen and oxygen atoms in total. The fourth-order valence-corrected chi connectivity index (χ4v) is 5.14. The highest BCUT2D eigenvalue weighted by Gasteiger charge is 2.25. The van der Waals surface area contributed by atoms with Crippen molar-refractivity contribution in [3.05, 3.63) is 53.1 Å². The van der Waals surface area contributed by atoms with Crippen LogP contribution in [0.3, 0.4) is 0 Å². The average Bonchev–Trinajstić information content (AvgIpc) is 3.52. The Labute approximate surface area is 239 Å². The topological polar surface area (TPSA) is 169 Å². The second-order valence-corrected chi connectivity index (χ2v) is 10.3. The van der Waals surface area contributed by atoms with Gasteiger partial charge in [0.2, 0.25) is 17.6 Å². The zero-order chi connectivity index (χ0) is 29.2. The summed E-state index contributed by atoms with van der Waals surface area (Å²) in [5.74, 6) is 1.32. The molecule has 218 valence electrons. The van der Waals surface area contributed by atoms with E-state index in [4.69, 9.17) is 15.2 Å². The number of aromatic amines is 1. The van der Waals surface area contributed by atoms with Crippen molar-refractivity contribution in [1.29, 1.82) is 0 Å². The number of aromatic nitrogens is 4. The van der Waals surface area contributed by atoms with Gasteiger partial charge in [-0.2, -0.15) is 5.21 Å². The van der Waals surface area contributed by atoms with Crippen LogP contribution in [-0.2, 0) is 22.6 Å². The van der Waals surface area contributed by atoms with E-state index < -0.39 is 6.04 Å². The zero-order valence-electron chi connectivity index (χ0n) is 23.8. The number of nitrogens with zero attached hydrogens (tertiary/aromatic N) is 4. The lowest BCUT2D eigenvalue weighted by Gasteiger charge is -2.24. The summed E-state index contributed by atoms with van der Waals surface area (Å²) in [6.45, 7) is 2.19. The first-order chi connectivity index (χ1) is 19.9. The molecular weight excluding hydrogens is 524 g/mol. The van der Waals surface area contributed by atoms with E-state index >= 15 is 0 Å². The maximum Gasteiger partial charge on any atom is 0.245 e. The van der Waals surface area contributed by atoms with E-state index in [2.05, 4.69) is 36.3 Å². The molecular formula is C29H38N8O4. The van der Waals surface area contributed by atoms with Gasteiger partial charge in [-0.05, 0) is 59.4 Å². The minimum absolute atomic E-state index is 0.0681. The van der Waals surface area contributed by atoms with Crippen LogP contribution in [0.5, 0.6) is 11.5 Å². The molecule has 1 aliphatic rings. The van der Waals surface area contributed by atoms with Crippen molar-refractivity contribution in [2.75, 3.05) is 14.2 Å². The monoisotopic (exact) mass is 562 g/mol. The smallest absolute Gasteiger partial charge is 0.245 e. The molecule has 1 fully saturated rings. The summed E-state index contributed by atoms with van der Waals surface area (Å²) in [5.41, 5.74) is 9.49. The Morgan fingerprint density at radius 3 is 2.59 bits per heavy atom. The summed E-state index contributed by atoms with van der Waals surface area (Å²) in [5, 5.41) is 19.7. The lowest BCUT2D eigenvalue weighted by molar-refractivity contribution is -0.123. The molecule has 12 heteroatoms. The molecule has 41 heavy (non-hydrogen) atoms. The number of ether oxygens (including phenoxy) is 2. The van der Waals surface area contributed by atoms with Crippen LogP contribution in [0.1, 0.15) is 55.2 Å². The number of benzene rings is 2. The molecule has 0 bridgehead atoms. The van der Waals surface area contributed by atoms with Gasteiger partial charge in [-0.3, -0.25) is 14.9 Å². The van der Waals surface area contributed by atoms with Gasteiger partial charge in [0.1, 0.15) is 6.04 Å². The van der Waals surface area contributed by atoms with Crippen molar-refractivity contribution < 1.29 is 19.1 Å². The van der Waals surface area contributed by atoms with E-state index in [0.717, 1.165) is 47.9 Å². The predicted octanol–water partition coefficient (Wildman–Crippen LogP) is 2.82. The number of hydrogen-bond donors (Lipinski definition) is 4. The highest BCUT2D eigenvalue weighted by molar-refractivity contribution is 5.98. The van der Waals surface area contributed by atoms with Crippen molar-refractivity contribution in [3.63, 3.8) is 0 Å². The van der Waals surface area contributed by atoms with Gasteiger partial charge in [0.25, 0.3) is 0 Å². The number of H-pyrrole nitrogens is 1. The Hall–Kier alpha value is -4.48. The van der Waals surface area contributed by atoms with Crippen molar-refractivity contribution in [2.24, 2.45) is 16.6 Å². The van der Waals surface area contributed by atoms with Gasteiger partial charge < -0.3 is 20.5 Å². The highest BCUT2D eigenvalue weighted by atomic mass is 16.5. The summed E-state index contributed by atoms with van der Waals surface area (Å²) in [4.78, 5) is 30.7. The van der Waals surface area contributed by atoms with E-state index in [0.29, 0.717) is 36.2 Å². The molecule has 2 amide bonds. The van der Waals surface area contributed by atoms with Crippen LogP contribution in [-0.4, -0.2) is 58.7 Å². The SMILES string of the molecule is COc1cc(C)c(CC(=O)NC(N)=NC(CC2CCCCC2)C(=O)NCc2cccc(-c3nn[nH]n3)c2)cc1OC.